The van der Waals surface area contributed by atoms with Crippen LogP contribution in [-0.4, -0.2) is 29.4 Å². The van der Waals surface area contributed by atoms with Crippen LogP contribution in [0.15, 0.2) is 36.4 Å². The summed E-state index contributed by atoms with van der Waals surface area (Å²) < 4.78 is 5.20. The highest BCUT2D eigenvalue weighted by Crippen LogP contribution is 2.35. The van der Waals surface area contributed by atoms with Gasteiger partial charge in [0.2, 0.25) is 0 Å². The van der Waals surface area contributed by atoms with Crippen LogP contribution < -0.4 is 10.1 Å². The Kier molecular flexibility index (Phi) is 4.99. The Bertz CT molecular complexity index is 1170. The van der Waals surface area contributed by atoms with Crippen LogP contribution in [0, 0.1) is 11.3 Å². The zero-order valence-electron chi connectivity index (χ0n) is 16.1. The van der Waals surface area contributed by atoms with Gasteiger partial charge in [-0.1, -0.05) is 17.7 Å². The number of nitrogens with zero attached hydrogens (tertiary/aromatic N) is 3. The molecule has 1 N–H and O–H groups in total. The van der Waals surface area contributed by atoms with Gasteiger partial charge >= 0.3 is 0 Å². The first-order chi connectivity index (χ1) is 14.0. The Hall–Kier alpha value is -3.30. The van der Waals surface area contributed by atoms with Crippen molar-refractivity contribution >= 4 is 34.1 Å². The van der Waals surface area contributed by atoms with E-state index < -0.39 is 0 Å². The van der Waals surface area contributed by atoms with Gasteiger partial charge in [0, 0.05) is 18.5 Å². The quantitative estimate of drug-likeness (QED) is 0.681. The highest BCUT2D eigenvalue weighted by molar-refractivity contribution is 6.32. The number of pyridine rings is 1. The minimum atomic E-state index is -0.0467. The van der Waals surface area contributed by atoms with Crippen LogP contribution in [-0.2, 0) is 13.1 Å². The fourth-order valence-corrected chi connectivity index (χ4v) is 3.87. The summed E-state index contributed by atoms with van der Waals surface area (Å²) in [7, 11) is 1.57. The monoisotopic (exact) mass is 406 g/mol. The predicted molar refractivity (Wildman–Crippen MR) is 112 cm³/mol. The van der Waals surface area contributed by atoms with Crippen molar-refractivity contribution in [3.63, 3.8) is 0 Å². The number of nitriles is 1. The van der Waals surface area contributed by atoms with Gasteiger partial charge in [-0.25, -0.2) is 4.98 Å². The molecule has 0 spiro atoms. The first-order valence-electron chi connectivity index (χ1n) is 9.28. The van der Waals surface area contributed by atoms with Gasteiger partial charge in [0.1, 0.15) is 5.75 Å². The summed E-state index contributed by atoms with van der Waals surface area (Å²) >= 11 is 6.24. The molecule has 0 fully saturated rings. The Morgan fingerprint density at radius 3 is 2.83 bits per heavy atom. The van der Waals surface area contributed by atoms with Crippen molar-refractivity contribution in [2.24, 2.45) is 0 Å². The molecular formula is C22H19ClN4O2. The molecule has 0 bridgehead atoms. The molecule has 0 saturated carbocycles. The lowest BCUT2D eigenvalue weighted by Gasteiger charge is -2.15. The van der Waals surface area contributed by atoms with E-state index in [0.717, 1.165) is 22.2 Å². The van der Waals surface area contributed by atoms with Crippen molar-refractivity contribution in [3.8, 4) is 11.8 Å². The molecular weight excluding hydrogens is 388 g/mol. The van der Waals surface area contributed by atoms with E-state index in [-0.39, 0.29) is 5.91 Å². The number of aromatic nitrogens is 1. The van der Waals surface area contributed by atoms with E-state index in [1.807, 2.05) is 31.2 Å². The lowest BCUT2D eigenvalue weighted by atomic mass is 10.0. The Morgan fingerprint density at radius 1 is 1.31 bits per heavy atom. The number of rotatable bonds is 5. The lowest BCUT2D eigenvalue weighted by molar-refractivity contribution is 0.0787. The number of benzene rings is 2. The summed E-state index contributed by atoms with van der Waals surface area (Å²) in [6.07, 6.45) is 0. The number of ether oxygens (including phenoxy) is 1. The number of nitrogens with one attached hydrogen (secondary N) is 1. The first kappa shape index (κ1) is 19.0. The number of hydrogen-bond donors (Lipinski definition) is 1. The number of carbonyl (C=O) groups is 1. The molecule has 4 rings (SSSR count). The maximum absolute atomic E-state index is 12.9. The van der Waals surface area contributed by atoms with E-state index in [0.29, 0.717) is 47.2 Å². The molecule has 1 aromatic heterocycles. The molecule has 2 heterocycles. The van der Waals surface area contributed by atoms with E-state index in [4.69, 9.17) is 16.3 Å². The number of carbonyl (C=O) groups excluding carboxylic acids is 1. The minimum absolute atomic E-state index is 0.0467. The highest BCUT2D eigenvalue weighted by Gasteiger charge is 2.31. The van der Waals surface area contributed by atoms with Crippen LogP contribution in [0.5, 0.6) is 5.75 Å². The van der Waals surface area contributed by atoms with Gasteiger partial charge in [-0.3, -0.25) is 4.79 Å². The smallest absolute Gasteiger partial charge is 0.258 e. The van der Waals surface area contributed by atoms with Crippen molar-refractivity contribution < 1.29 is 9.53 Å². The van der Waals surface area contributed by atoms with Gasteiger partial charge in [-0.05, 0) is 42.8 Å². The number of hydrogen-bond acceptors (Lipinski definition) is 5. The minimum Gasteiger partial charge on any atom is -0.495 e. The van der Waals surface area contributed by atoms with E-state index >= 15 is 0 Å². The average molecular weight is 407 g/mol. The molecule has 1 aliphatic rings. The first-order valence-corrected chi connectivity index (χ1v) is 9.65. The molecule has 0 atom stereocenters. The average Bonchev–Trinajstić information content (AvgIpc) is 3.06. The van der Waals surface area contributed by atoms with Crippen molar-refractivity contribution in [3.05, 3.63) is 63.8 Å². The number of amides is 1. The van der Waals surface area contributed by atoms with Crippen molar-refractivity contribution in [1.29, 1.82) is 5.26 Å². The molecule has 1 aliphatic heterocycles. The van der Waals surface area contributed by atoms with Gasteiger partial charge in [-0.2, -0.15) is 5.26 Å². The number of methoxy groups -OCH3 is 1. The predicted octanol–water partition coefficient (Wildman–Crippen LogP) is 4.36. The maximum atomic E-state index is 12.9. The summed E-state index contributed by atoms with van der Waals surface area (Å²) in [4.78, 5) is 19.4. The topological polar surface area (TPSA) is 78.2 Å². The van der Waals surface area contributed by atoms with Gasteiger partial charge in [-0.15, -0.1) is 0 Å². The van der Waals surface area contributed by atoms with Crippen LogP contribution in [0.1, 0.15) is 34.1 Å². The van der Waals surface area contributed by atoms with Crippen LogP contribution >= 0.6 is 11.6 Å². The summed E-state index contributed by atoms with van der Waals surface area (Å²) in [5, 5.41) is 14.0. The Labute approximate surface area is 173 Å². The number of anilines is 1. The molecule has 0 radical (unpaired) electrons. The molecule has 2 aromatic carbocycles. The van der Waals surface area contributed by atoms with Crippen molar-refractivity contribution in [2.75, 3.05) is 19.0 Å². The van der Waals surface area contributed by atoms with E-state index in [1.54, 1.807) is 24.1 Å². The van der Waals surface area contributed by atoms with E-state index in [9.17, 15) is 10.1 Å². The third-order valence-electron chi connectivity index (χ3n) is 5.10. The normalized spacial score (nSPS) is 12.8. The van der Waals surface area contributed by atoms with Crippen LogP contribution in [0.4, 0.5) is 5.69 Å². The molecule has 6 nitrogen and oxygen atoms in total. The SMILES string of the molecule is CCN1Cc2nc3ccc(C#N)cc3c(NCc3ccc(OC)c(Cl)c3)c2C1=O. The molecule has 7 heteroatoms. The second-order valence-corrected chi connectivity index (χ2v) is 7.20. The third kappa shape index (κ3) is 3.34. The van der Waals surface area contributed by atoms with Crippen molar-refractivity contribution in [1.82, 2.24) is 9.88 Å². The lowest BCUT2D eigenvalue weighted by Crippen LogP contribution is -2.23. The third-order valence-corrected chi connectivity index (χ3v) is 5.39. The molecule has 3 aromatic rings. The van der Waals surface area contributed by atoms with Crippen LogP contribution in [0.25, 0.3) is 10.9 Å². The van der Waals surface area contributed by atoms with Gasteiger partial charge in [0.05, 0.1) is 52.8 Å². The zero-order chi connectivity index (χ0) is 20.5. The Balaban J connectivity index is 1.79. The van der Waals surface area contributed by atoms with Crippen LogP contribution in [0.2, 0.25) is 5.02 Å². The largest absolute Gasteiger partial charge is 0.495 e. The molecule has 1 amide bonds. The summed E-state index contributed by atoms with van der Waals surface area (Å²) in [5.41, 5.74) is 4.26. The fourth-order valence-electron chi connectivity index (χ4n) is 3.59. The molecule has 0 unspecified atom stereocenters. The molecule has 0 aliphatic carbocycles. The standard InChI is InChI=1S/C22H19ClN4O2/c1-3-27-12-18-20(22(27)28)21(15-8-13(10-24)4-6-17(15)26-18)25-11-14-5-7-19(29-2)16(23)9-14/h4-9H,3,11-12H2,1-2H3,(H,25,26). The maximum Gasteiger partial charge on any atom is 0.258 e. The molecule has 146 valence electrons. The summed E-state index contributed by atoms with van der Waals surface area (Å²) in [5.74, 6) is 0.563. The van der Waals surface area contributed by atoms with Gasteiger partial charge < -0.3 is 15.0 Å². The van der Waals surface area contributed by atoms with Gasteiger partial charge in [0.15, 0.2) is 0 Å². The molecule has 29 heavy (non-hydrogen) atoms. The number of fused-ring (bicyclic) bond motifs is 2. The zero-order valence-corrected chi connectivity index (χ0v) is 16.9. The van der Waals surface area contributed by atoms with Gasteiger partial charge in [0.25, 0.3) is 5.91 Å². The van der Waals surface area contributed by atoms with Crippen molar-refractivity contribution in [2.45, 2.75) is 20.0 Å². The Morgan fingerprint density at radius 2 is 2.14 bits per heavy atom. The molecule has 0 saturated heterocycles. The number of halogens is 1. The second-order valence-electron chi connectivity index (χ2n) is 6.79. The summed E-state index contributed by atoms with van der Waals surface area (Å²) in [6.45, 7) is 3.52. The second kappa shape index (κ2) is 7.61. The highest BCUT2D eigenvalue weighted by atomic mass is 35.5. The fraction of sp³-hybridized carbons (Fsp3) is 0.227. The van der Waals surface area contributed by atoms with E-state index in [2.05, 4.69) is 16.4 Å². The summed E-state index contributed by atoms with van der Waals surface area (Å²) in [6, 6.07) is 13.1. The van der Waals surface area contributed by atoms with Crippen LogP contribution in [0.3, 0.4) is 0 Å². The van der Waals surface area contributed by atoms with E-state index in [1.165, 1.54) is 0 Å².